The maximum absolute atomic E-state index is 12.1. The number of amides is 1. The molecule has 0 aliphatic carbocycles. The zero-order chi connectivity index (χ0) is 19.5. The van der Waals surface area contributed by atoms with E-state index in [0.717, 1.165) is 22.9 Å². The van der Waals surface area contributed by atoms with Crippen LogP contribution in [0.3, 0.4) is 0 Å². The van der Waals surface area contributed by atoms with E-state index in [9.17, 15) is 4.79 Å². The molecular formula is C21H28N2O4. The summed E-state index contributed by atoms with van der Waals surface area (Å²) in [6, 6.07) is 14.8. The van der Waals surface area contributed by atoms with Gasteiger partial charge in [-0.25, -0.2) is 0 Å². The van der Waals surface area contributed by atoms with Crippen LogP contribution in [-0.4, -0.2) is 38.4 Å². The fraction of sp³-hybridized carbons (Fsp3) is 0.381. The Morgan fingerprint density at radius 2 is 1.56 bits per heavy atom. The third-order valence-corrected chi connectivity index (χ3v) is 3.52. The molecule has 0 saturated carbocycles. The average molecular weight is 372 g/mol. The quantitative estimate of drug-likeness (QED) is 0.585. The fourth-order valence-electron chi connectivity index (χ4n) is 2.31. The predicted octanol–water partition coefficient (Wildman–Crippen LogP) is 3.94. The van der Waals surface area contributed by atoms with Gasteiger partial charge in [0.15, 0.2) is 0 Å². The number of rotatable bonds is 11. The molecule has 2 rings (SSSR count). The Morgan fingerprint density at radius 1 is 0.926 bits per heavy atom. The van der Waals surface area contributed by atoms with Crippen molar-refractivity contribution in [3.63, 3.8) is 0 Å². The van der Waals surface area contributed by atoms with E-state index in [1.54, 1.807) is 0 Å². The number of carbonyl (C=O) groups is 1. The number of benzene rings is 2. The van der Waals surface area contributed by atoms with E-state index in [0.29, 0.717) is 19.8 Å². The van der Waals surface area contributed by atoms with Crippen molar-refractivity contribution >= 4 is 17.3 Å². The van der Waals surface area contributed by atoms with Gasteiger partial charge in [-0.3, -0.25) is 4.79 Å². The first-order valence-corrected chi connectivity index (χ1v) is 9.18. The molecule has 2 N–H and O–H groups in total. The highest BCUT2D eigenvalue weighted by Crippen LogP contribution is 2.17. The summed E-state index contributed by atoms with van der Waals surface area (Å²) in [5.74, 6) is 1.43. The number of hydrogen-bond acceptors (Lipinski definition) is 5. The molecule has 0 radical (unpaired) electrons. The van der Waals surface area contributed by atoms with E-state index in [4.69, 9.17) is 14.2 Å². The Morgan fingerprint density at radius 3 is 2.19 bits per heavy atom. The van der Waals surface area contributed by atoms with E-state index in [-0.39, 0.29) is 18.6 Å². The highest BCUT2D eigenvalue weighted by atomic mass is 16.5. The minimum atomic E-state index is -0.121. The van der Waals surface area contributed by atoms with Crippen LogP contribution in [-0.2, 0) is 9.53 Å². The number of nitrogens with one attached hydrogen (secondary N) is 2. The first-order chi connectivity index (χ1) is 13.1. The Balaban J connectivity index is 1.73. The largest absolute Gasteiger partial charge is 0.491 e. The minimum Gasteiger partial charge on any atom is -0.491 e. The van der Waals surface area contributed by atoms with Crippen molar-refractivity contribution in [1.29, 1.82) is 0 Å². The summed E-state index contributed by atoms with van der Waals surface area (Å²) in [5, 5.41) is 5.94. The van der Waals surface area contributed by atoms with Gasteiger partial charge in [0.2, 0.25) is 5.91 Å². The Labute approximate surface area is 160 Å². The van der Waals surface area contributed by atoms with Crippen molar-refractivity contribution in [2.24, 2.45) is 0 Å². The van der Waals surface area contributed by atoms with Crippen molar-refractivity contribution in [2.45, 2.75) is 26.9 Å². The van der Waals surface area contributed by atoms with Gasteiger partial charge in [0.1, 0.15) is 18.1 Å². The van der Waals surface area contributed by atoms with Gasteiger partial charge in [-0.15, -0.1) is 0 Å². The van der Waals surface area contributed by atoms with Gasteiger partial charge in [0.05, 0.1) is 19.3 Å². The van der Waals surface area contributed by atoms with Crippen LogP contribution >= 0.6 is 0 Å². The summed E-state index contributed by atoms with van der Waals surface area (Å²) in [6.45, 7) is 7.85. The first kappa shape index (κ1) is 20.6. The average Bonchev–Trinajstić information content (AvgIpc) is 2.66. The molecule has 0 atom stereocenters. The molecule has 2 aromatic rings. The van der Waals surface area contributed by atoms with E-state index < -0.39 is 0 Å². The highest BCUT2D eigenvalue weighted by molar-refractivity contribution is 5.93. The van der Waals surface area contributed by atoms with Gasteiger partial charge in [0, 0.05) is 18.0 Å². The smallest absolute Gasteiger partial charge is 0.243 e. The molecule has 27 heavy (non-hydrogen) atoms. The molecule has 0 unspecified atom stereocenters. The molecule has 0 fully saturated rings. The zero-order valence-electron chi connectivity index (χ0n) is 16.2. The van der Waals surface area contributed by atoms with Crippen molar-refractivity contribution in [3.8, 4) is 11.5 Å². The molecule has 0 aliphatic heterocycles. The van der Waals surface area contributed by atoms with Crippen LogP contribution in [0.5, 0.6) is 11.5 Å². The van der Waals surface area contributed by atoms with Gasteiger partial charge in [-0.05, 0) is 69.3 Å². The monoisotopic (exact) mass is 372 g/mol. The SMILES string of the molecule is CCOCCOc1ccc(NCC(=O)Nc2ccc(OC(C)C)cc2)cc1. The van der Waals surface area contributed by atoms with Crippen molar-refractivity contribution in [3.05, 3.63) is 48.5 Å². The maximum atomic E-state index is 12.1. The van der Waals surface area contributed by atoms with Gasteiger partial charge >= 0.3 is 0 Å². The summed E-state index contributed by atoms with van der Waals surface area (Å²) >= 11 is 0. The number of ether oxygens (including phenoxy) is 3. The molecule has 146 valence electrons. The molecule has 0 aromatic heterocycles. The molecule has 0 saturated heterocycles. The number of carbonyl (C=O) groups excluding carboxylic acids is 1. The molecule has 6 heteroatoms. The molecule has 0 spiro atoms. The summed E-state index contributed by atoms with van der Waals surface area (Å²) in [7, 11) is 0. The van der Waals surface area contributed by atoms with Crippen molar-refractivity contribution in [1.82, 2.24) is 0 Å². The van der Waals surface area contributed by atoms with Crippen LogP contribution in [0.2, 0.25) is 0 Å². The number of anilines is 2. The van der Waals surface area contributed by atoms with Crippen LogP contribution in [0.4, 0.5) is 11.4 Å². The molecule has 1 amide bonds. The van der Waals surface area contributed by atoms with E-state index in [1.807, 2.05) is 69.3 Å². The maximum Gasteiger partial charge on any atom is 0.243 e. The topological polar surface area (TPSA) is 68.8 Å². The normalized spacial score (nSPS) is 10.5. The van der Waals surface area contributed by atoms with Crippen molar-refractivity contribution < 1.29 is 19.0 Å². The minimum absolute atomic E-state index is 0.121. The van der Waals surface area contributed by atoms with E-state index >= 15 is 0 Å². The van der Waals surface area contributed by atoms with Crippen LogP contribution < -0.4 is 20.1 Å². The van der Waals surface area contributed by atoms with Crippen LogP contribution in [0.15, 0.2) is 48.5 Å². The Kier molecular flexibility index (Phi) is 8.45. The molecule has 2 aromatic carbocycles. The molecule has 6 nitrogen and oxygen atoms in total. The van der Waals surface area contributed by atoms with Gasteiger partial charge in [-0.1, -0.05) is 0 Å². The molecule has 0 aliphatic rings. The standard InChI is InChI=1S/C21H28N2O4/c1-4-25-13-14-26-19-9-5-17(6-10-19)22-15-21(24)23-18-7-11-20(12-8-18)27-16(2)3/h5-12,16,22H,4,13-15H2,1-3H3,(H,23,24). The molecular weight excluding hydrogens is 344 g/mol. The fourth-order valence-corrected chi connectivity index (χ4v) is 2.31. The molecule has 0 bridgehead atoms. The van der Waals surface area contributed by atoms with Gasteiger partial charge in [0.25, 0.3) is 0 Å². The third-order valence-electron chi connectivity index (χ3n) is 3.52. The lowest BCUT2D eigenvalue weighted by molar-refractivity contribution is -0.114. The first-order valence-electron chi connectivity index (χ1n) is 9.18. The Hall–Kier alpha value is -2.73. The Bertz CT molecular complexity index is 684. The lowest BCUT2D eigenvalue weighted by Crippen LogP contribution is -2.21. The second kappa shape index (κ2) is 11.1. The second-order valence-electron chi connectivity index (χ2n) is 6.16. The number of hydrogen-bond donors (Lipinski definition) is 2. The summed E-state index contributed by atoms with van der Waals surface area (Å²) in [4.78, 5) is 12.1. The predicted molar refractivity (Wildman–Crippen MR) is 108 cm³/mol. The van der Waals surface area contributed by atoms with Crippen LogP contribution in [0, 0.1) is 0 Å². The summed E-state index contributed by atoms with van der Waals surface area (Å²) < 4.78 is 16.4. The lowest BCUT2D eigenvalue weighted by Gasteiger charge is -2.11. The zero-order valence-corrected chi connectivity index (χ0v) is 16.2. The van der Waals surface area contributed by atoms with Crippen LogP contribution in [0.25, 0.3) is 0 Å². The van der Waals surface area contributed by atoms with E-state index in [2.05, 4.69) is 10.6 Å². The summed E-state index contributed by atoms with van der Waals surface area (Å²) in [6.07, 6.45) is 0.121. The third kappa shape index (κ3) is 8.00. The van der Waals surface area contributed by atoms with Crippen molar-refractivity contribution in [2.75, 3.05) is 37.0 Å². The van der Waals surface area contributed by atoms with E-state index in [1.165, 1.54) is 0 Å². The van der Waals surface area contributed by atoms with Crippen LogP contribution in [0.1, 0.15) is 20.8 Å². The molecule has 0 heterocycles. The van der Waals surface area contributed by atoms with Gasteiger partial charge in [-0.2, -0.15) is 0 Å². The highest BCUT2D eigenvalue weighted by Gasteiger charge is 2.04. The summed E-state index contributed by atoms with van der Waals surface area (Å²) in [5.41, 5.74) is 1.58. The lowest BCUT2D eigenvalue weighted by atomic mass is 10.3. The van der Waals surface area contributed by atoms with Gasteiger partial charge < -0.3 is 24.8 Å². The second-order valence-corrected chi connectivity index (χ2v) is 6.16.